The number of rotatable bonds is 2. The standard InChI is InChI=1S/C14H10N4O2/c19-13(9-2-1-5-15-7-9)18-10-3-4-12-11(6-10)14(20)17-8-16-12/h1-8H,(H,18,19)(H,16,17,20). The molecule has 0 saturated carbocycles. The molecule has 3 rings (SSSR count). The molecule has 2 N–H and O–H groups in total. The van der Waals surface area contributed by atoms with Crippen LogP contribution in [0.25, 0.3) is 10.9 Å². The molecular weight excluding hydrogens is 256 g/mol. The van der Waals surface area contributed by atoms with Crippen LogP contribution in [0.3, 0.4) is 0 Å². The number of carbonyl (C=O) groups excluding carboxylic acids is 1. The topological polar surface area (TPSA) is 87.7 Å². The Morgan fingerprint density at radius 3 is 2.95 bits per heavy atom. The first-order chi connectivity index (χ1) is 9.74. The molecule has 0 aliphatic rings. The minimum atomic E-state index is -0.280. The first kappa shape index (κ1) is 12.0. The molecule has 1 amide bonds. The molecule has 0 aliphatic heterocycles. The third-order valence-electron chi connectivity index (χ3n) is 2.82. The van der Waals surface area contributed by atoms with E-state index in [1.807, 2.05) is 0 Å². The van der Waals surface area contributed by atoms with Gasteiger partial charge in [0.2, 0.25) is 0 Å². The second-order valence-electron chi connectivity index (χ2n) is 4.16. The van der Waals surface area contributed by atoms with E-state index in [0.29, 0.717) is 22.2 Å². The van der Waals surface area contributed by atoms with Crippen molar-refractivity contribution in [2.45, 2.75) is 0 Å². The number of carbonyl (C=O) groups is 1. The SMILES string of the molecule is O=C(Nc1ccc2nc[nH]c(=O)c2c1)c1cccnc1. The van der Waals surface area contributed by atoms with Crippen molar-refractivity contribution in [3.63, 3.8) is 0 Å². The van der Waals surface area contributed by atoms with Gasteiger partial charge in [-0.1, -0.05) is 0 Å². The van der Waals surface area contributed by atoms with Crippen LogP contribution in [0.15, 0.2) is 53.8 Å². The lowest BCUT2D eigenvalue weighted by molar-refractivity contribution is 0.102. The number of hydrogen-bond acceptors (Lipinski definition) is 4. The lowest BCUT2D eigenvalue weighted by Gasteiger charge is -2.05. The molecule has 6 nitrogen and oxygen atoms in total. The summed E-state index contributed by atoms with van der Waals surface area (Å²) < 4.78 is 0. The summed E-state index contributed by atoms with van der Waals surface area (Å²) in [5.41, 5.74) is 1.32. The van der Waals surface area contributed by atoms with E-state index in [2.05, 4.69) is 20.3 Å². The van der Waals surface area contributed by atoms with Crippen molar-refractivity contribution in [2.75, 3.05) is 5.32 Å². The van der Waals surface area contributed by atoms with Gasteiger partial charge < -0.3 is 10.3 Å². The Bertz CT molecular complexity index is 827. The number of aromatic nitrogens is 3. The summed E-state index contributed by atoms with van der Waals surface area (Å²) in [6, 6.07) is 8.32. The third-order valence-corrected chi connectivity index (χ3v) is 2.82. The third kappa shape index (κ3) is 2.26. The quantitative estimate of drug-likeness (QED) is 0.737. The summed E-state index contributed by atoms with van der Waals surface area (Å²) in [7, 11) is 0. The Morgan fingerprint density at radius 1 is 1.25 bits per heavy atom. The minimum Gasteiger partial charge on any atom is -0.322 e. The van der Waals surface area contributed by atoms with Gasteiger partial charge in [-0.2, -0.15) is 0 Å². The summed E-state index contributed by atoms with van der Waals surface area (Å²) in [4.78, 5) is 34.1. The van der Waals surface area contributed by atoms with Gasteiger partial charge >= 0.3 is 0 Å². The second kappa shape index (κ2) is 4.93. The van der Waals surface area contributed by atoms with Gasteiger partial charge in [-0.05, 0) is 30.3 Å². The maximum atomic E-state index is 12.0. The zero-order valence-corrected chi connectivity index (χ0v) is 10.3. The summed E-state index contributed by atoms with van der Waals surface area (Å²) in [6.45, 7) is 0. The molecule has 6 heteroatoms. The maximum absolute atomic E-state index is 12.0. The van der Waals surface area contributed by atoms with E-state index in [-0.39, 0.29) is 11.5 Å². The fraction of sp³-hybridized carbons (Fsp3) is 0. The number of fused-ring (bicyclic) bond motifs is 1. The van der Waals surface area contributed by atoms with E-state index >= 15 is 0 Å². The number of hydrogen-bond donors (Lipinski definition) is 2. The van der Waals surface area contributed by atoms with Crippen molar-refractivity contribution in [1.82, 2.24) is 15.0 Å². The average molecular weight is 266 g/mol. The first-order valence-electron chi connectivity index (χ1n) is 5.93. The highest BCUT2D eigenvalue weighted by atomic mass is 16.1. The van der Waals surface area contributed by atoms with Gasteiger partial charge in [0.25, 0.3) is 11.5 Å². The van der Waals surface area contributed by atoms with Crippen LogP contribution in [0.2, 0.25) is 0 Å². The molecule has 0 bridgehead atoms. The van der Waals surface area contributed by atoms with Gasteiger partial charge in [-0.25, -0.2) is 4.98 Å². The number of pyridine rings is 1. The van der Waals surface area contributed by atoms with Crippen molar-refractivity contribution in [3.8, 4) is 0 Å². The monoisotopic (exact) mass is 266 g/mol. The summed E-state index contributed by atoms with van der Waals surface area (Å²) in [5, 5.41) is 3.15. The van der Waals surface area contributed by atoms with Crippen LogP contribution in [0.4, 0.5) is 5.69 Å². The number of benzene rings is 1. The predicted molar refractivity (Wildman–Crippen MR) is 74.6 cm³/mol. The Hall–Kier alpha value is -3.02. The van der Waals surface area contributed by atoms with Crippen molar-refractivity contribution < 1.29 is 4.79 Å². The lowest BCUT2D eigenvalue weighted by Crippen LogP contribution is -2.13. The number of nitrogens with zero attached hydrogens (tertiary/aromatic N) is 2. The van der Waals surface area contributed by atoms with E-state index in [4.69, 9.17) is 0 Å². The highest BCUT2D eigenvalue weighted by Crippen LogP contribution is 2.14. The maximum Gasteiger partial charge on any atom is 0.258 e. The van der Waals surface area contributed by atoms with Gasteiger partial charge in [0.1, 0.15) is 0 Å². The van der Waals surface area contributed by atoms with E-state index in [1.165, 1.54) is 12.5 Å². The predicted octanol–water partition coefficient (Wildman–Crippen LogP) is 1.57. The smallest absolute Gasteiger partial charge is 0.258 e. The van der Waals surface area contributed by atoms with Gasteiger partial charge in [0.05, 0.1) is 22.8 Å². The van der Waals surface area contributed by atoms with Crippen LogP contribution in [-0.4, -0.2) is 20.9 Å². The molecule has 0 aliphatic carbocycles. The van der Waals surface area contributed by atoms with Crippen molar-refractivity contribution >= 4 is 22.5 Å². The second-order valence-corrected chi connectivity index (χ2v) is 4.16. The molecule has 20 heavy (non-hydrogen) atoms. The molecule has 98 valence electrons. The van der Waals surface area contributed by atoms with Gasteiger partial charge in [0.15, 0.2) is 0 Å². The molecule has 0 radical (unpaired) electrons. The Kier molecular flexibility index (Phi) is 2.96. The summed E-state index contributed by atoms with van der Waals surface area (Å²) in [5.74, 6) is -0.280. The Balaban J connectivity index is 1.94. The molecule has 0 unspecified atom stereocenters. The molecule has 0 atom stereocenters. The highest BCUT2D eigenvalue weighted by molar-refractivity contribution is 6.04. The summed E-state index contributed by atoms with van der Waals surface area (Å²) >= 11 is 0. The normalized spacial score (nSPS) is 10.4. The largest absolute Gasteiger partial charge is 0.322 e. The van der Waals surface area contributed by atoms with E-state index < -0.39 is 0 Å². The molecule has 0 spiro atoms. The van der Waals surface area contributed by atoms with Crippen LogP contribution in [0, 0.1) is 0 Å². The van der Waals surface area contributed by atoms with Crippen molar-refractivity contribution in [2.24, 2.45) is 0 Å². The Morgan fingerprint density at radius 2 is 2.15 bits per heavy atom. The fourth-order valence-electron chi connectivity index (χ4n) is 1.85. The van der Waals surface area contributed by atoms with Crippen LogP contribution in [0.5, 0.6) is 0 Å². The number of aromatic amines is 1. The van der Waals surface area contributed by atoms with Crippen LogP contribution in [-0.2, 0) is 0 Å². The molecule has 3 aromatic rings. The zero-order valence-electron chi connectivity index (χ0n) is 10.3. The molecule has 0 saturated heterocycles. The number of nitrogens with one attached hydrogen (secondary N) is 2. The zero-order chi connectivity index (χ0) is 13.9. The summed E-state index contributed by atoms with van der Waals surface area (Å²) in [6.07, 6.45) is 4.42. The molecule has 2 aromatic heterocycles. The van der Waals surface area contributed by atoms with Crippen LogP contribution < -0.4 is 10.9 Å². The molecule has 2 heterocycles. The number of amides is 1. The van der Waals surface area contributed by atoms with Crippen LogP contribution in [0.1, 0.15) is 10.4 Å². The van der Waals surface area contributed by atoms with E-state index in [9.17, 15) is 9.59 Å². The van der Waals surface area contributed by atoms with Crippen molar-refractivity contribution in [1.29, 1.82) is 0 Å². The number of H-pyrrole nitrogens is 1. The molecule has 0 fully saturated rings. The Labute approximate surface area is 113 Å². The van der Waals surface area contributed by atoms with E-state index in [1.54, 1.807) is 36.5 Å². The van der Waals surface area contributed by atoms with Crippen LogP contribution >= 0.6 is 0 Å². The van der Waals surface area contributed by atoms with E-state index in [0.717, 1.165) is 0 Å². The highest BCUT2D eigenvalue weighted by Gasteiger charge is 2.07. The average Bonchev–Trinajstić information content (AvgIpc) is 2.49. The number of anilines is 1. The lowest BCUT2D eigenvalue weighted by atomic mass is 10.2. The first-order valence-corrected chi connectivity index (χ1v) is 5.93. The minimum absolute atomic E-state index is 0.243. The molecule has 1 aromatic carbocycles. The van der Waals surface area contributed by atoms with Gasteiger partial charge in [-0.15, -0.1) is 0 Å². The van der Waals surface area contributed by atoms with Crippen molar-refractivity contribution in [3.05, 3.63) is 65.0 Å². The molecular formula is C14H10N4O2. The van der Waals surface area contributed by atoms with Gasteiger partial charge in [-0.3, -0.25) is 14.6 Å². The fourth-order valence-corrected chi connectivity index (χ4v) is 1.85. The van der Waals surface area contributed by atoms with Gasteiger partial charge in [0, 0.05) is 18.1 Å².